The standard InChI is InChI=1S/C18H24F2N2O2/c19-14-3-4-15(20)13(12-14)5-9-21-17(23)22-16-2-1-6-18(16)7-10-24-11-8-18/h3-4,12,16H,1-2,5-11H2,(H2,21,22,23)/t16-/m1/s1. The van der Waals surface area contributed by atoms with Gasteiger partial charge in [-0.05, 0) is 61.3 Å². The van der Waals surface area contributed by atoms with Crippen LogP contribution < -0.4 is 10.6 Å². The van der Waals surface area contributed by atoms with E-state index in [1.807, 2.05) is 0 Å². The van der Waals surface area contributed by atoms with Gasteiger partial charge in [0.25, 0.3) is 0 Å². The van der Waals surface area contributed by atoms with Crippen molar-refractivity contribution in [2.45, 2.75) is 44.6 Å². The van der Waals surface area contributed by atoms with Crippen molar-refractivity contribution in [3.63, 3.8) is 0 Å². The first-order valence-corrected chi connectivity index (χ1v) is 8.65. The number of benzene rings is 1. The molecule has 1 aliphatic carbocycles. The highest BCUT2D eigenvalue weighted by Crippen LogP contribution is 2.45. The molecule has 1 heterocycles. The summed E-state index contributed by atoms with van der Waals surface area (Å²) in [6.45, 7) is 1.80. The van der Waals surface area contributed by atoms with E-state index in [1.165, 1.54) is 6.07 Å². The molecule has 2 N–H and O–H groups in total. The van der Waals surface area contributed by atoms with Gasteiger partial charge >= 0.3 is 6.03 Å². The highest BCUT2D eigenvalue weighted by atomic mass is 19.1. The molecule has 132 valence electrons. The lowest BCUT2D eigenvalue weighted by molar-refractivity contribution is 0.00625. The molecular weight excluding hydrogens is 314 g/mol. The Morgan fingerprint density at radius 1 is 1.25 bits per heavy atom. The van der Waals surface area contributed by atoms with E-state index in [4.69, 9.17) is 4.74 Å². The summed E-state index contributed by atoms with van der Waals surface area (Å²) in [6.07, 6.45) is 5.50. The average Bonchev–Trinajstić information content (AvgIpc) is 2.93. The number of amides is 2. The molecule has 2 fully saturated rings. The summed E-state index contributed by atoms with van der Waals surface area (Å²) in [5.74, 6) is -0.918. The molecule has 0 unspecified atom stereocenters. The second-order valence-electron chi connectivity index (χ2n) is 6.81. The summed E-state index contributed by atoms with van der Waals surface area (Å²) in [5.41, 5.74) is 0.446. The van der Waals surface area contributed by atoms with Gasteiger partial charge in [-0.1, -0.05) is 6.42 Å². The largest absolute Gasteiger partial charge is 0.381 e. The van der Waals surface area contributed by atoms with Crippen molar-refractivity contribution >= 4 is 6.03 Å². The van der Waals surface area contributed by atoms with Gasteiger partial charge in [-0.25, -0.2) is 13.6 Å². The lowest BCUT2D eigenvalue weighted by Gasteiger charge is -2.39. The smallest absolute Gasteiger partial charge is 0.315 e. The highest BCUT2D eigenvalue weighted by Gasteiger charge is 2.44. The molecule has 1 aromatic rings. The number of rotatable bonds is 4. The molecule has 1 atom stereocenters. The lowest BCUT2D eigenvalue weighted by atomic mass is 9.75. The Morgan fingerprint density at radius 2 is 2.04 bits per heavy atom. The lowest BCUT2D eigenvalue weighted by Crippen LogP contribution is -2.50. The van der Waals surface area contributed by atoms with E-state index in [2.05, 4.69) is 10.6 Å². The van der Waals surface area contributed by atoms with Gasteiger partial charge in [0.2, 0.25) is 0 Å². The van der Waals surface area contributed by atoms with Crippen LogP contribution in [0.25, 0.3) is 0 Å². The van der Waals surface area contributed by atoms with Crippen LogP contribution >= 0.6 is 0 Å². The number of urea groups is 1. The first kappa shape index (κ1) is 17.1. The van der Waals surface area contributed by atoms with E-state index >= 15 is 0 Å². The Bertz CT molecular complexity index is 588. The topological polar surface area (TPSA) is 50.4 Å². The number of halogens is 2. The zero-order valence-electron chi connectivity index (χ0n) is 13.7. The van der Waals surface area contributed by atoms with E-state index in [0.29, 0.717) is 0 Å². The van der Waals surface area contributed by atoms with E-state index in [9.17, 15) is 13.6 Å². The second-order valence-corrected chi connectivity index (χ2v) is 6.81. The average molecular weight is 338 g/mol. The van der Waals surface area contributed by atoms with Crippen LogP contribution in [-0.2, 0) is 11.2 Å². The molecule has 1 spiro atoms. The zero-order chi connectivity index (χ0) is 17.0. The van der Waals surface area contributed by atoms with Gasteiger partial charge in [-0.15, -0.1) is 0 Å². The maximum Gasteiger partial charge on any atom is 0.315 e. The molecule has 2 aliphatic rings. The van der Waals surface area contributed by atoms with Gasteiger partial charge in [-0.2, -0.15) is 0 Å². The van der Waals surface area contributed by atoms with Crippen LogP contribution in [0.2, 0.25) is 0 Å². The molecule has 4 nitrogen and oxygen atoms in total. The third-order valence-electron chi connectivity index (χ3n) is 5.39. The van der Waals surface area contributed by atoms with E-state index in [-0.39, 0.29) is 36.0 Å². The summed E-state index contributed by atoms with van der Waals surface area (Å²) in [6, 6.07) is 3.31. The molecule has 2 amide bonds. The van der Waals surface area contributed by atoms with Crippen LogP contribution in [0.15, 0.2) is 18.2 Å². The van der Waals surface area contributed by atoms with Gasteiger partial charge in [0.05, 0.1) is 0 Å². The number of hydrogen-bond acceptors (Lipinski definition) is 2. The van der Waals surface area contributed by atoms with Gasteiger partial charge in [0.1, 0.15) is 11.6 Å². The predicted molar refractivity (Wildman–Crippen MR) is 86.7 cm³/mol. The normalized spacial score (nSPS) is 22.5. The van der Waals surface area contributed by atoms with Crippen LogP contribution in [0.1, 0.15) is 37.7 Å². The molecule has 0 bridgehead atoms. The number of ether oxygens (including phenoxy) is 1. The molecule has 1 aromatic carbocycles. The molecule has 24 heavy (non-hydrogen) atoms. The minimum atomic E-state index is -0.469. The van der Waals surface area contributed by atoms with Crippen LogP contribution in [0.3, 0.4) is 0 Å². The molecule has 1 aliphatic heterocycles. The highest BCUT2D eigenvalue weighted by molar-refractivity contribution is 5.74. The van der Waals surface area contributed by atoms with Crippen molar-refractivity contribution in [1.29, 1.82) is 0 Å². The Balaban J connectivity index is 1.48. The molecule has 1 saturated heterocycles. The third kappa shape index (κ3) is 3.86. The second kappa shape index (κ2) is 7.47. The summed E-state index contributed by atoms with van der Waals surface area (Å²) < 4.78 is 32.1. The van der Waals surface area contributed by atoms with Crippen LogP contribution in [0.4, 0.5) is 13.6 Å². The SMILES string of the molecule is O=C(NCCc1cc(F)ccc1F)N[C@@H]1CCCC12CCOCC2. The van der Waals surface area contributed by atoms with Crippen molar-refractivity contribution in [3.8, 4) is 0 Å². The number of hydrogen-bond donors (Lipinski definition) is 2. The van der Waals surface area contributed by atoms with Gasteiger partial charge in [-0.3, -0.25) is 0 Å². The maximum absolute atomic E-state index is 13.6. The summed E-state index contributed by atoms with van der Waals surface area (Å²) in [4.78, 5) is 12.1. The Hall–Kier alpha value is -1.69. The molecule has 6 heteroatoms. The Kier molecular flexibility index (Phi) is 5.33. The minimum Gasteiger partial charge on any atom is -0.381 e. The van der Waals surface area contributed by atoms with Gasteiger partial charge in [0.15, 0.2) is 0 Å². The fourth-order valence-electron chi connectivity index (χ4n) is 4.00. The van der Waals surface area contributed by atoms with Crippen LogP contribution in [0.5, 0.6) is 0 Å². The van der Waals surface area contributed by atoms with Crippen LogP contribution in [0, 0.1) is 17.0 Å². The number of carbonyl (C=O) groups is 1. The summed E-state index contributed by atoms with van der Waals surface area (Å²) >= 11 is 0. The fourth-order valence-corrected chi connectivity index (χ4v) is 4.00. The van der Waals surface area contributed by atoms with Crippen molar-refractivity contribution in [2.75, 3.05) is 19.8 Å². The first-order chi connectivity index (χ1) is 11.6. The van der Waals surface area contributed by atoms with Gasteiger partial charge in [0, 0.05) is 25.8 Å². The summed E-state index contributed by atoms with van der Waals surface area (Å²) in [5, 5.41) is 5.83. The monoisotopic (exact) mass is 338 g/mol. The molecular formula is C18H24F2N2O2. The molecule has 0 radical (unpaired) electrons. The quantitative estimate of drug-likeness (QED) is 0.886. The van der Waals surface area contributed by atoms with Crippen molar-refractivity contribution in [2.24, 2.45) is 5.41 Å². The van der Waals surface area contributed by atoms with Crippen molar-refractivity contribution in [1.82, 2.24) is 10.6 Å². The molecule has 3 rings (SSSR count). The number of nitrogens with one attached hydrogen (secondary N) is 2. The van der Waals surface area contributed by atoms with Crippen molar-refractivity contribution in [3.05, 3.63) is 35.4 Å². The van der Waals surface area contributed by atoms with E-state index in [1.54, 1.807) is 0 Å². The maximum atomic E-state index is 13.6. The molecule has 1 saturated carbocycles. The number of carbonyl (C=O) groups excluding carboxylic acids is 1. The Labute approximate surface area is 141 Å². The van der Waals surface area contributed by atoms with E-state index in [0.717, 1.165) is 57.5 Å². The van der Waals surface area contributed by atoms with Crippen molar-refractivity contribution < 1.29 is 18.3 Å². The van der Waals surface area contributed by atoms with Gasteiger partial charge < -0.3 is 15.4 Å². The summed E-state index contributed by atoms with van der Waals surface area (Å²) in [7, 11) is 0. The molecule has 0 aromatic heterocycles. The fraction of sp³-hybridized carbons (Fsp3) is 0.611. The van der Waals surface area contributed by atoms with E-state index < -0.39 is 11.6 Å². The first-order valence-electron chi connectivity index (χ1n) is 8.65. The predicted octanol–water partition coefficient (Wildman–Crippen LogP) is 3.16. The zero-order valence-corrected chi connectivity index (χ0v) is 13.7. The third-order valence-corrected chi connectivity index (χ3v) is 5.39. The minimum absolute atomic E-state index is 0.171. The van der Waals surface area contributed by atoms with Crippen LogP contribution in [-0.4, -0.2) is 31.8 Å². The Morgan fingerprint density at radius 3 is 2.83 bits per heavy atom.